The number of para-hydroxylation sites is 1. The highest BCUT2D eigenvalue weighted by molar-refractivity contribution is 5.80. The van der Waals surface area contributed by atoms with Crippen molar-refractivity contribution in [2.45, 2.75) is 45.8 Å². The standard InChI is InChI=1S/C18H26N6O/c1-4-19-18(20-11-17-21-14(3)25-23-17)22-15-10-13(2)24(12-15)16-8-6-5-7-9-16/h5-9,13,15H,4,10-12H2,1-3H3,(H2,19,20,22). The molecule has 25 heavy (non-hydrogen) atoms. The summed E-state index contributed by atoms with van der Waals surface area (Å²) in [6, 6.07) is 11.4. The third-order valence-electron chi connectivity index (χ3n) is 4.30. The quantitative estimate of drug-likeness (QED) is 0.640. The van der Waals surface area contributed by atoms with Crippen molar-refractivity contribution in [2.24, 2.45) is 4.99 Å². The second kappa shape index (κ2) is 8.00. The highest BCUT2D eigenvalue weighted by atomic mass is 16.5. The highest BCUT2D eigenvalue weighted by Gasteiger charge is 2.29. The fraction of sp³-hybridized carbons (Fsp3) is 0.500. The Labute approximate surface area is 148 Å². The molecule has 134 valence electrons. The molecule has 1 aliphatic heterocycles. The van der Waals surface area contributed by atoms with Crippen LogP contribution in [0.4, 0.5) is 5.69 Å². The van der Waals surface area contributed by atoms with Gasteiger partial charge in [-0.3, -0.25) is 0 Å². The fourth-order valence-electron chi connectivity index (χ4n) is 3.18. The van der Waals surface area contributed by atoms with Crippen molar-refractivity contribution < 1.29 is 4.52 Å². The Morgan fingerprint density at radius 2 is 2.16 bits per heavy atom. The second-order valence-electron chi connectivity index (χ2n) is 6.34. The van der Waals surface area contributed by atoms with E-state index in [1.54, 1.807) is 6.92 Å². The third-order valence-corrected chi connectivity index (χ3v) is 4.30. The first kappa shape index (κ1) is 17.3. The van der Waals surface area contributed by atoms with Gasteiger partial charge in [-0.15, -0.1) is 0 Å². The number of aryl methyl sites for hydroxylation is 1. The summed E-state index contributed by atoms with van der Waals surface area (Å²) in [6.07, 6.45) is 1.07. The van der Waals surface area contributed by atoms with E-state index in [4.69, 9.17) is 4.52 Å². The Kier molecular flexibility index (Phi) is 5.53. The van der Waals surface area contributed by atoms with Crippen LogP contribution in [0.15, 0.2) is 39.8 Å². The molecule has 2 atom stereocenters. The lowest BCUT2D eigenvalue weighted by molar-refractivity contribution is 0.387. The van der Waals surface area contributed by atoms with Crippen molar-refractivity contribution in [1.29, 1.82) is 0 Å². The smallest absolute Gasteiger partial charge is 0.223 e. The lowest BCUT2D eigenvalue weighted by atomic mass is 10.2. The fourth-order valence-corrected chi connectivity index (χ4v) is 3.18. The maximum Gasteiger partial charge on any atom is 0.223 e. The van der Waals surface area contributed by atoms with E-state index in [1.807, 2.05) is 0 Å². The van der Waals surface area contributed by atoms with Gasteiger partial charge in [-0.2, -0.15) is 4.98 Å². The first-order valence-electron chi connectivity index (χ1n) is 8.81. The molecule has 0 spiro atoms. The Morgan fingerprint density at radius 1 is 1.36 bits per heavy atom. The van der Waals surface area contributed by atoms with Crippen LogP contribution in [-0.2, 0) is 6.54 Å². The van der Waals surface area contributed by atoms with Crippen molar-refractivity contribution in [3.63, 3.8) is 0 Å². The van der Waals surface area contributed by atoms with Gasteiger partial charge in [0, 0.05) is 37.8 Å². The number of hydrogen-bond acceptors (Lipinski definition) is 5. The van der Waals surface area contributed by atoms with Gasteiger partial charge in [0.25, 0.3) is 0 Å². The van der Waals surface area contributed by atoms with Crippen LogP contribution in [0.3, 0.4) is 0 Å². The Hall–Kier alpha value is -2.57. The van der Waals surface area contributed by atoms with Crippen LogP contribution in [0.5, 0.6) is 0 Å². The maximum absolute atomic E-state index is 4.99. The summed E-state index contributed by atoms with van der Waals surface area (Å²) in [5.74, 6) is 1.95. The topological polar surface area (TPSA) is 78.6 Å². The van der Waals surface area contributed by atoms with Crippen molar-refractivity contribution in [2.75, 3.05) is 18.0 Å². The molecule has 2 N–H and O–H groups in total. The summed E-state index contributed by atoms with van der Waals surface area (Å²) in [6.45, 7) is 8.27. The first-order valence-corrected chi connectivity index (χ1v) is 8.81. The average molecular weight is 342 g/mol. The van der Waals surface area contributed by atoms with Gasteiger partial charge in [0.05, 0.1) is 0 Å². The molecule has 1 fully saturated rings. The zero-order valence-electron chi connectivity index (χ0n) is 15.1. The van der Waals surface area contributed by atoms with Gasteiger partial charge in [-0.05, 0) is 32.4 Å². The molecule has 0 saturated carbocycles. The number of guanidine groups is 1. The number of aliphatic imine (C=N–C) groups is 1. The third kappa shape index (κ3) is 4.49. The minimum absolute atomic E-state index is 0.347. The SMILES string of the molecule is CCNC(=NCc1noc(C)n1)NC1CC(C)N(c2ccccc2)C1. The zero-order chi connectivity index (χ0) is 17.6. The number of rotatable bonds is 5. The molecule has 0 aliphatic carbocycles. The van der Waals surface area contributed by atoms with E-state index in [-0.39, 0.29) is 0 Å². The normalized spacial score (nSPS) is 20.8. The summed E-state index contributed by atoms with van der Waals surface area (Å²) in [5, 5.41) is 10.7. The van der Waals surface area contributed by atoms with Gasteiger partial charge in [-0.1, -0.05) is 23.4 Å². The summed E-state index contributed by atoms with van der Waals surface area (Å²) in [4.78, 5) is 11.2. The molecule has 0 radical (unpaired) electrons. The minimum atomic E-state index is 0.347. The van der Waals surface area contributed by atoms with Gasteiger partial charge in [0.15, 0.2) is 11.8 Å². The van der Waals surface area contributed by atoms with Crippen LogP contribution in [0.1, 0.15) is 32.0 Å². The number of nitrogens with one attached hydrogen (secondary N) is 2. The van der Waals surface area contributed by atoms with Crippen LogP contribution < -0.4 is 15.5 Å². The van der Waals surface area contributed by atoms with Crippen molar-refractivity contribution >= 4 is 11.6 Å². The van der Waals surface area contributed by atoms with E-state index in [0.29, 0.717) is 30.3 Å². The molecular weight excluding hydrogens is 316 g/mol. The summed E-state index contributed by atoms with van der Waals surface area (Å²) < 4.78 is 4.99. The van der Waals surface area contributed by atoms with E-state index < -0.39 is 0 Å². The summed E-state index contributed by atoms with van der Waals surface area (Å²) in [7, 11) is 0. The number of benzene rings is 1. The van der Waals surface area contributed by atoms with Gasteiger partial charge >= 0.3 is 0 Å². The van der Waals surface area contributed by atoms with Crippen LogP contribution in [0.25, 0.3) is 0 Å². The Bertz CT molecular complexity index is 699. The molecule has 2 heterocycles. The largest absolute Gasteiger partial charge is 0.367 e. The van der Waals surface area contributed by atoms with Crippen LogP contribution in [-0.4, -0.2) is 41.3 Å². The molecule has 7 nitrogen and oxygen atoms in total. The Balaban J connectivity index is 1.62. The molecule has 7 heteroatoms. The maximum atomic E-state index is 4.99. The van der Waals surface area contributed by atoms with E-state index in [1.165, 1.54) is 5.69 Å². The van der Waals surface area contributed by atoms with Gasteiger partial charge in [-0.25, -0.2) is 4.99 Å². The molecule has 1 aromatic carbocycles. The molecule has 1 aliphatic rings. The molecule has 0 bridgehead atoms. The molecule has 1 saturated heterocycles. The highest BCUT2D eigenvalue weighted by Crippen LogP contribution is 2.25. The monoisotopic (exact) mass is 342 g/mol. The average Bonchev–Trinajstić information content (AvgIpc) is 3.19. The van der Waals surface area contributed by atoms with E-state index >= 15 is 0 Å². The summed E-state index contributed by atoms with van der Waals surface area (Å²) >= 11 is 0. The summed E-state index contributed by atoms with van der Waals surface area (Å²) in [5.41, 5.74) is 1.27. The van der Waals surface area contributed by atoms with Gasteiger partial charge in [0.1, 0.15) is 6.54 Å². The first-order chi connectivity index (χ1) is 12.2. The molecule has 3 rings (SSSR count). The minimum Gasteiger partial charge on any atom is -0.367 e. The van der Waals surface area contributed by atoms with Crippen molar-refractivity contribution in [1.82, 2.24) is 20.8 Å². The van der Waals surface area contributed by atoms with E-state index in [9.17, 15) is 0 Å². The Morgan fingerprint density at radius 3 is 2.84 bits per heavy atom. The van der Waals surface area contributed by atoms with Gasteiger partial charge in [0.2, 0.25) is 5.89 Å². The number of hydrogen-bond donors (Lipinski definition) is 2. The predicted octanol–water partition coefficient (Wildman–Crippen LogP) is 2.10. The van der Waals surface area contributed by atoms with Crippen LogP contribution in [0.2, 0.25) is 0 Å². The van der Waals surface area contributed by atoms with Crippen molar-refractivity contribution in [3.05, 3.63) is 42.0 Å². The van der Waals surface area contributed by atoms with Crippen LogP contribution >= 0.6 is 0 Å². The zero-order valence-corrected chi connectivity index (χ0v) is 15.1. The number of anilines is 1. The number of aromatic nitrogens is 2. The second-order valence-corrected chi connectivity index (χ2v) is 6.34. The van der Waals surface area contributed by atoms with E-state index in [0.717, 1.165) is 25.5 Å². The molecule has 1 aromatic heterocycles. The lowest BCUT2D eigenvalue weighted by Gasteiger charge is -2.23. The van der Waals surface area contributed by atoms with Gasteiger partial charge < -0.3 is 20.1 Å². The molecule has 0 amide bonds. The predicted molar refractivity (Wildman–Crippen MR) is 98.6 cm³/mol. The molecule has 2 aromatic rings. The molecule has 2 unspecified atom stereocenters. The van der Waals surface area contributed by atoms with E-state index in [2.05, 4.69) is 74.8 Å². The number of nitrogens with zero attached hydrogens (tertiary/aromatic N) is 4. The lowest BCUT2D eigenvalue weighted by Crippen LogP contribution is -2.44. The van der Waals surface area contributed by atoms with Crippen molar-refractivity contribution in [3.8, 4) is 0 Å². The molecular formula is C18H26N6O. The van der Waals surface area contributed by atoms with Crippen LogP contribution in [0, 0.1) is 6.92 Å².